The largest absolute Gasteiger partial charge is 0.497 e. The van der Waals surface area contributed by atoms with Crippen LogP contribution in [-0.4, -0.2) is 46.0 Å². The Morgan fingerprint density at radius 3 is 1.49 bits per heavy atom. The monoisotopic (exact) mass is 768 g/mol. The zero-order valence-electron chi connectivity index (χ0n) is 26.8. The van der Waals surface area contributed by atoms with E-state index in [2.05, 4.69) is 4.74 Å². The summed E-state index contributed by atoms with van der Waals surface area (Å²) in [6.45, 7) is 4.79. The molecule has 4 aromatic carbocycles. The first kappa shape index (κ1) is 39.5. The molecule has 0 bridgehead atoms. The van der Waals surface area contributed by atoms with E-state index in [9.17, 15) is 52.0 Å². The molecule has 0 fully saturated rings. The third-order valence-electron chi connectivity index (χ3n) is 7.90. The highest BCUT2D eigenvalue weighted by molar-refractivity contribution is 7.91. The van der Waals surface area contributed by atoms with Crippen molar-refractivity contribution < 1.29 is 70.7 Å². The molecular formula is C33H28F8O8S2. The van der Waals surface area contributed by atoms with Crippen molar-refractivity contribution in [1.82, 2.24) is 0 Å². The highest BCUT2D eigenvalue weighted by Gasteiger charge is 2.74. The molecular weight excluding hydrogens is 740 g/mol. The van der Waals surface area contributed by atoms with Crippen molar-refractivity contribution in [1.29, 1.82) is 0 Å². The maximum Gasteiger partial charge on any atom is 0.460 e. The van der Waals surface area contributed by atoms with E-state index in [1.807, 2.05) is 50.2 Å². The SMILES string of the molecule is COc1ccc(C(C)(C)c2ccc(Oc3ccc(S(=O)(=O)c4ccc(C)c(C(F)(F)C(F)(F)OC(F)(F)C(F)(F)S(=O)(=O)O)c4)cc3)cc2)cc1. The number of methoxy groups -OCH3 is 1. The van der Waals surface area contributed by atoms with Crippen LogP contribution in [0.2, 0.25) is 0 Å². The van der Waals surface area contributed by atoms with Gasteiger partial charge in [-0.15, -0.1) is 0 Å². The lowest BCUT2D eigenvalue weighted by molar-refractivity contribution is -0.459. The summed E-state index contributed by atoms with van der Waals surface area (Å²) in [5.74, 6) is -4.73. The van der Waals surface area contributed by atoms with Gasteiger partial charge in [0.15, 0.2) is 0 Å². The molecule has 18 heteroatoms. The van der Waals surface area contributed by atoms with Crippen LogP contribution in [0.5, 0.6) is 17.2 Å². The highest BCUT2D eigenvalue weighted by Crippen LogP contribution is 2.51. The smallest absolute Gasteiger partial charge is 0.460 e. The van der Waals surface area contributed by atoms with Crippen LogP contribution >= 0.6 is 0 Å². The normalized spacial score (nSPS) is 13.6. The maximum absolute atomic E-state index is 15.0. The van der Waals surface area contributed by atoms with Gasteiger partial charge in [0.2, 0.25) is 9.84 Å². The lowest BCUT2D eigenvalue weighted by Crippen LogP contribution is -2.55. The molecule has 0 unspecified atom stereocenters. The minimum atomic E-state index is -7.13. The number of hydrogen-bond acceptors (Lipinski definition) is 7. The third kappa shape index (κ3) is 7.54. The number of alkyl halides is 8. The Hall–Kier alpha value is -4.26. The van der Waals surface area contributed by atoms with Crippen LogP contribution in [0.25, 0.3) is 0 Å². The lowest BCUT2D eigenvalue weighted by atomic mass is 9.78. The molecule has 276 valence electrons. The first-order valence-corrected chi connectivity index (χ1v) is 17.3. The first-order valence-electron chi connectivity index (χ1n) is 14.4. The van der Waals surface area contributed by atoms with Crippen LogP contribution in [-0.2, 0) is 36.0 Å². The van der Waals surface area contributed by atoms with Crippen LogP contribution in [0, 0.1) is 6.92 Å². The van der Waals surface area contributed by atoms with Crippen molar-refractivity contribution in [2.75, 3.05) is 7.11 Å². The van der Waals surface area contributed by atoms with Gasteiger partial charge in [-0.3, -0.25) is 4.55 Å². The fraction of sp³-hybridized carbons (Fsp3) is 0.273. The van der Waals surface area contributed by atoms with Gasteiger partial charge in [-0.25, -0.2) is 13.2 Å². The molecule has 0 saturated carbocycles. The summed E-state index contributed by atoms with van der Waals surface area (Å²) in [5, 5.41) is -6.77. The molecule has 0 radical (unpaired) electrons. The number of sulfone groups is 1. The molecule has 8 nitrogen and oxygen atoms in total. The molecule has 51 heavy (non-hydrogen) atoms. The second-order valence-electron chi connectivity index (χ2n) is 11.6. The van der Waals surface area contributed by atoms with Crippen molar-refractivity contribution in [2.24, 2.45) is 0 Å². The Labute approximate surface area is 287 Å². The Kier molecular flexibility index (Phi) is 10.4. The van der Waals surface area contributed by atoms with E-state index in [0.29, 0.717) is 17.6 Å². The Balaban J connectivity index is 1.55. The van der Waals surface area contributed by atoms with Crippen molar-refractivity contribution in [3.8, 4) is 17.2 Å². The Morgan fingerprint density at radius 2 is 1.04 bits per heavy atom. The number of rotatable bonds is 13. The summed E-state index contributed by atoms with van der Waals surface area (Å²) >= 11 is 0. The minimum Gasteiger partial charge on any atom is -0.497 e. The quantitative estimate of drug-likeness (QED) is 0.106. The molecule has 0 amide bonds. The summed E-state index contributed by atoms with van der Waals surface area (Å²) in [6, 6.07) is 20.4. The molecule has 0 saturated heterocycles. The van der Waals surface area contributed by atoms with Gasteiger partial charge in [0.1, 0.15) is 17.2 Å². The van der Waals surface area contributed by atoms with Crippen LogP contribution in [0.3, 0.4) is 0 Å². The lowest BCUT2D eigenvalue weighted by Gasteiger charge is -2.32. The summed E-state index contributed by atoms with van der Waals surface area (Å²) < 4.78 is 182. The van der Waals surface area contributed by atoms with Gasteiger partial charge in [-0.1, -0.05) is 44.2 Å². The van der Waals surface area contributed by atoms with Crippen molar-refractivity contribution >= 4 is 20.0 Å². The molecule has 0 heterocycles. The van der Waals surface area contributed by atoms with Crippen molar-refractivity contribution in [3.05, 3.63) is 113 Å². The number of benzene rings is 4. The molecule has 0 aromatic heterocycles. The van der Waals surface area contributed by atoms with E-state index in [-0.39, 0.29) is 11.8 Å². The van der Waals surface area contributed by atoms with Crippen LogP contribution < -0.4 is 9.47 Å². The molecule has 0 atom stereocenters. The fourth-order valence-corrected chi connectivity index (χ4v) is 6.40. The van der Waals surface area contributed by atoms with E-state index < -0.39 is 69.7 Å². The number of aryl methyl sites for hydroxylation is 1. The molecule has 0 spiro atoms. The predicted molar refractivity (Wildman–Crippen MR) is 166 cm³/mol. The minimum absolute atomic E-state index is 0.000402. The van der Waals surface area contributed by atoms with Crippen LogP contribution in [0.1, 0.15) is 36.1 Å². The van der Waals surface area contributed by atoms with Gasteiger partial charge in [-0.2, -0.15) is 43.5 Å². The second-order valence-corrected chi connectivity index (χ2v) is 15.0. The van der Waals surface area contributed by atoms with Crippen molar-refractivity contribution in [2.45, 2.75) is 59.4 Å². The van der Waals surface area contributed by atoms with E-state index in [1.165, 1.54) is 12.1 Å². The van der Waals surface area contributed by atoms with E-state index in [0.717, 1.165) is 36.2 Å². The van der Waals surface area contributed by atoms with E-state index in [4.69, 9.17) is 14.0 Å². The van der Waals surface area contributed by atoms with Gasteiger partial charge in [-0.05, 0) is 84.3 Å². The van der Waals surface area contributed by atoms with Crippen molar-refractivity contribution in [3.63, 3.8) is 0 Å². The summed E-state index contributed by atoms with van der Waals surface area (Å²) in [5.41, 5.74) is -1.18. The van der Waals surface area contributed by atoms with Gasteiger partial charge in [0.25, 0.3) is 0 Å². The van der Waals surface area contributed by atoms with E-state index in [1.54, 1.807) is 19.2 Å². The number of halogens is 8. The molecule has 1 N–H and O–H groups in total. The average Bonchev–Trinajstić information content (AvgIpc) is 3.04. The number of ether oxygens (including phenoxy) is 3. The zero-order chi connectivity index (χ0) is 38.4. The second kappa shape index (κ2) is 13.4. The van der Waals surface area contributed by atoms with Crippen LogP contribution in [0.15, 0.2) is 101 Å². The molecule has 0 aliphatic heterocycles. The van der Waals surface area contributed by atoms with E-state index >= 15 is 0 Å². The maximum atomic E-state index is 15.0. The topological polar surface area (TPSA) is 116 Å². The Bertz CT molecular complexity index is 2100. The summed E-state index contributed by atoms with van der Waals surface area (Å²) in [7, 11) is -10.3. The van der Waals surface area contributed by atoms with Gasteiger partial charge in [0, 0.05) is 11.0 Å². The molecule has 0 aliphatic rings. The Morgan fingerprint density at radius 1 is 0.608 bits per heavy atom. The predicted octanol–water partition coefficient (Wildman–Crippen LogP) is 8.73. The highest BCUT2D eigenvalue weighted by atomic mass is 32.2. The fourth-order valence-electron chi connectivity index (χ4n) is 4.77. The molecule has 4 rings (SSSR count). The first-order chi connectivity index (χ1) is 23.3. The zero-order valence-corrected chi connectivity index (χ0v) is 28.4. The summed E-state index contributed by atoms with van der Waals surface area (Å²) in [6.07, 6.45) is -13.4. The number of hydrogen-bond donors (Lipinski definition) is 1. The standard InChI is InChI=1S/C33H28F8O8S2/c1-20-5-16-27(19-28(20)30(34,35)31(36,37)49-32(38,39)33(40,41)51(44,45)46)50(42,43)26-17-14-25(15-18-26)48-24-12-8-22(9-13-24)29(2,3)21-6-10-23(47-4)11-7-21/h5-19H,1-4H3,(H,44,45,46). The third-order valence-corrected chi connectivity index (χ3v) is 10.6. The van der Waals surface area contributed by atoms with Gasteiger partial charge in [0.05, 0.1) is 16.9 Å². The summed E-state index contributed by atoms with van der Waals surface area (Å²) in [4.78, 5) is -1.57. The van der Waals surface area contributed by atoms with Gasteiger partial charge < -0.3 is 9.47 Å². The average molecular weight is 769 g/mol. The van der Waals surface area contributed by atoms with Crippen LogP contribution in [0.4, 0.5) is 35.1 Å². The molecule has 0 aliphatic carbocycles. The van der Waals surface area contributed by atoms with Gasteiger partial charge >= 0.3 is 33.5 Å². The molecule has 4 aromatic rings.